The summed E-state index contributed by atoms with van der Waals surface area (Å²) in [6.07, 6.45) is 5.26. The number of piperidine rings is 1. The van der Waals surface area contributed by atoms with Crippen LogP contribution in [0.4, 0.5) is 5.69 Å². The highest BCUT2D eigenvalue weighted by atomic mass is 32.1. The third-order valence-corrected chi connectivity index (χ3v) is 6.89. The Balaban J connectivity index is 1.34. The van der Waals surface area contributed by atoms with Gasteiger partial charge in [-0.15, -0.1) is 11.3 Å². The van der Waals surface area contributed by atoms with Gasteiger partial charge in [-0.2, -0.15) is 5.26 Å². The van der Waals surface area contributed by atoms with E-state index >= 15 is 0 Å². The minimum Gasteiger partial charge on any atom is -0.371 e. The largest absolute Gasteiger partial charge is 0.371 e. The Morgan fingerprint density at radius 2 is 1.96 bits per heavy atom. The summed E-state index contributed by atoms with van der Waals surface area (Å²) in [6, 6.07) is 10.1. The quantitative estimate of drug-likeness (QED) is 0.872. The average molecular weight is 380 g/mol. The van der Waals surface area contributed by atoms with Crippen molar-refractivity contribution in [2.24, 2.45) is 5.92 Å². The lowest BCUT2D eigenvalue weighted by Crippen LogP contribution is -2.44. The van der Waals surface area contributed by atoms with Crippen molar-refractivity contribution in [1.82, 2.24) is 5.32 Å². The molecule has 1 N–H and O–H groups in total. The van der Waals surface area contributed by atoms with Gasteiger partial charge in [-0.05, 0) is 67.9 Å². The zero-order chi connectivity index (χ0) is 18.8. The Kier molecular flexibility index (Phi) is 5.18. The van der Waals surface area contributed by atoms with Crippen molar-refractivity contribution in [3.63, 3.8) is 0 Å². The van der Waals surface area contributed by atoms with E-state index in [0.717, 1.165) is 55.9 Å². The maximum absolute atomic E-state index is 12.8. The van der Waals surface area contributed by atoms with Crippen molar-refractivity contribution < 1.29 is 4.79 Å². The van der Waals surface area contributed by atoms with E-state index in [0.29, 0.717) is 5.56 Å². The first-order chi connectivity index (χ1) is 13.1. The molecule has 140 valence electrons. The molecule has 0 spiro atoms. The molecule has 4 rings (SSSR count). The van der Waals surface area contributed by atoms with Crippen LogP contribution in [-0.4, -0.2) is 25.0 Å². The summed E-state index contributed by atoms with van der Waals surface area (Å²) in [4.78, 5) is 16.5. The molecule has 1 aliphatic carbocycles. The van der Waals surface area contributed by atoms with E-state index in [2.05, 4.69) is 28.6 Å². The van der Waals surface area contributed by atoms with Crippen molar-refractivity contribution in [1.29, 1.82) is 5.26 Å². The molecule has 2 heterocycles. The lowest BCUT2D eigenvalue weighted by molar-refractivity contribution is 0.0930. The fourth-order valence-electron chi connectivity index (χ4n) is 4.16. The zero-order valence-corrected chi connectivity index (χ0v) is 16.5. The van der Waals surface area contributed by atoms with Crippen LogP contribution >= 0.6 is 11.3 Å². The summed E-state index contributed by atoms with van der Waals surface area (Å²) in [7, 11) is 0. The summed E-state index contributed by atoms with van der Waals surface area (Å²) in [5, 5.41) is 14.2. The van der Waals surface area contributed by atoms with Crippen LogP contribution in [0.25, 0.3) is 0 Å². The minimum absolute atomic E-state index is 0.110. The van der Waals surface area contributed by atoms with Gasteiger partial charge in [0.2, 0.25) is 0 Å². The fraction of sp³-hybridized carbons (Fsp3) is 0.455. The third kappa shape index (κ3) is 3.86. The summed E-state index contributed by atoms with van der Waals surface area (Å²) in [5.74, 6) is 0.845. The number of nitriles is 1. The summed E-state index contributed by atoms with van der Waals surface area (Å²) < 4.78 is 0. The number of carbonyl (C=O) groups excluding carboxylic acids is 1. The van der Waals surface area contributed by atoms with E-state index in [-0.39, 0.29) is 11.9 Å². The van der Waals surface area contributed by atoms with Crippen LogP contribution in [0.1, 0.15) is 52.5 Å². The molecule has 0 bridgehead atoms. The van der Waals surface area contributed by atoms with Gasteiger partial charge in [0.05, 0.1) is 17.2 Å². The van der Waals surface area contributed by atoms with Gasteiger partial charge >= 0.3 is 0 Å². The van der Waals surface area contributed by atoms with Crippen LogP contribution in [0.5, 0.6) is 0 Å². The molecule has 0 radical (unpaired) electrons. The highest BCUT2D eigenvalue weighted by molar-refractivity contribution is 7.10. The van der Waals surface area contributed by atoms with Crippen LogP contribution in [-0.2, 0) is 12.8 Å². The number of anilines is 1. The number of rotatable bonds is 3. The third-order valence-electron chi connectivity index (χ3n) is 5.84. The molecule has 2 aromatic rings. The molecule has 4 nitrogen and oxygen atoms in total. The van der Waals surface area contributed by atoms with Gasteiger partial charge in [0.15, 0.2) is 0 Å². The maximum Gasteiger partial charge on any atom is 0.252 e. The normalized spacial score (nSPS) is 20.0. The second-order valence-electron chi connectivity index (χ2n) is 7.79. The number of amides is 1. The molecular formula is C22H25N3OS. The molecule has 1 amide bonds. The topological polar surface area (TPSA) is 56.1 Å². The minimum atomic E-state index is 0.110. The van der Waals surface area contributed by atoms with Crippen molar-refractivity contribution >= 4 is 22.9 Å². The number of hydrogen-bond donors (Lipinski definition) is 1. The summed E-state index contributed by atoms with van der Waals surface area (Å²) >= 11 is 1.75. The van der Waals surface area contributed by atoms with Gasteiger partial charge in [-0.3, -0.25) is 4.79 Å². The van der Waals surface area contributed by atoms with E-state index in [1.807, 2.05) is 24.3 Å². The number of nitrogens with zero attached hydrogens (tertiary/aromatic N) is 2. The number of carbonyl (C=O) groups is 1. The van der Waals surface area contributed by atoms with E-state index in [4.69, 9.17) is 5.26 Å². The number of fused-ring (bicyclic) bond motifs is 1. The molecule has 1 unspecified atom stereocenters. The predicted octanol–water partition coefficient (Wildman–Crippen LogP) is 4.14. The van der Waals surface area contributed by atoms with Gasteiger partial charge in [-0.1, -0.05) is 6.92 Å². The molecule has 1 atom stereocenters. The molecular weight excluding hydrogens is 354 g/mol. The number of benzene rings is 1. The van der Waals surface area contributed by atoms with Gasteiger partial charge in [-0.25, -0.2) is 0 Å². The van der Waals surface area contributed by atoms with Crippen LogP contribution in [0, 0.1) is 17.2 Å². The predicted molar refractivity (Wildman–Crippen MR) is 109 cm³/mol. The molecule has 1 saturated heterocycles. The van der Waals surface area contributed by atoms with Crippen molar-refractivity contribution in [2.45, 2.75) is 45.1 Å². The van der Waals surface area contributed by atoms with Gasteiger partial charge in [0.25, 0.3) is 5.91 Å². The molecule has 1 aromatic heterocycles. The van der Waals surface area contributed by atoms with E-state index < -0.39 is 0 Å². The van der Waals surface area contributed by atoms with Crippen molar-refractivity contribution in [3.05, 3.63) is 51.2 Å². The first-order valence-electron chi connectivity index (χ1n) is 9.79. The van der Waals surface area contributed by atoms with E-state index in [9.17, 15) is 4.79 Å². The average Bonchev–Trinajstić information content (AvgIpc) is 3.12. The maximum atomic E-state index is 12.8. The Bertz CT molecular complexity index is 857. The molecule has 5 heteroatoms. The standard InChI is InChI=1S/C22H25N3OS/c1-15-2-7-19-20(14-27-21(19)12-15)22(26)24-17-8-10-25(11-9-17)18-5-3-16(13-23)4-6-18/h3-6,14-15,17H,2,7-12H2,1H3,(H,24,26). The lowest BCUT2D eigenvalue weighted by Gasteiger charge is -2.34. The van der Waals surface area contributed by atoms with Crippen molar-refractivity contribution in [2.75, 3.05) is 18.0 Å². The Hall–Kier alpha value is -2.32. The second-order valence-corrected chi connectivity index (χ2v) is 8.76. The number of thiophene rings is 1. The Morgan fingerprint density at radius 3 is 2.67 bits per heavy atom. The van der Waals surface area contributed by atoms with Crippen LogP contribution in [0.2, 0.25) is 0 Å². The van der Waals surface area contributed by atoms with Crippen LogP contribution in [0.3, 0.4) is 0 Å². The van der Waals surface area contributed by atoms with Gasteiger partial charge < -0.3 is 10.2 Å². The molecule has 1 aromatic carbocycles. The highest BCUT2D eigenvalue weighted by Gasteiger charge is 2.26. The number of hydrogen-bond acceptors (Lipinski definition) is 4. The summed E-state index contributed by atoms with van der Waals surface area (Å²) in [5.41, 5.74) is 4.05. The molecule has 0 saturated carbocycles. The molecule has 1 aliphatic heterocycles. The van der Waals surface area contributed by atoms with E-state index in [1.165, 1.54) is 16.9 Å². The Labute approximate surface area is 164 Å². The smallest absolute Gasteiger partial charge is 0.252 e. The monoisotopic (exact) mass is 379 g/mol. The van der Waals surface area contributed by atoms with E-state index in [1.54, 1.807) is 11.3 Å². The highest BCUT2D eigenvalue weighted by Crippen LogP contribution is 2.33. The fourth-order valence-corrected chi connectivity index (χ4v) is 5.40. The SMILES string of the molecule is CC1CCc2c(C(=O)NC3CCN(c4ccc(C#N)cc4)CC3)csc2C1. The second kappa shape index (κ2) is 7.74. The van der Waals surface area contributed by atoms with Gasteiger partial charge in [0, 0.05) is 35.1 Å². The zero-order valence-electron chi connectivity index (χ0n) is 15.7. The van der Waals surface area contributed by atoms with Crippen LogP contribution in [0.15, 0.2) is 29.6 Å². The van der Waals surface area contributed by atoms with Gasteiger partial charge in [0.1, 0.15) is 0 Å². The first kappa shape index (κ1) is 18.1. The van der Waals surface area contributed by atoms with Crippen molar-refractivity contribution in [3.8, 4) is 6.07 Å². The first-order valence-corrected chi connectivity index (χ1v) is 10.7. The molecule has 27 heavy (non-hydrogen) atoms. The Morgan fingerprint density at radius 1 is 1.22 bits per heavy atom. The lowest BCUT2D eigenvalue weighted by atomic mass is 9.88. The molecule has 1 fully saturated rings. The molecule has 2 aliphatic rings. The number of nitrogens with one attached hydrogen (secondary N) is 1. The summed E-state index contributed by atoms with van der Waals surface area (Å²) in [6.45, 7) is 4.15. The van der Waals surface area contributed by atoms with Crippen LogP contribution < -0.4 is 10.2 Å².